The van der Waals surface area contributed by atoms with Crippen LogP contribution in [0.15, 0.2) is 0 Å². The lowest BCUT2D eigenvalue weighted by Crippen LogP contribution is -2.06. The molecule has 0 saturated heterocycles. The van der Waals surface area contributed by atoms with Crippen LogP contribution in [0.2, 0.25) is 0 Å². The molecule has 2 N–H and O–H groups in total. The highest BCUT2D eigenvalue weighted by Crippen LogP contribution is 2.24. The zero-order valence-electron chi connectivity index (χ0n) is 14.7. The van der Waals surface area contributed by atoms with Crippen molar-refractivity contribution in [1.82, 2.24) is 41.2 Å². The van der Waals surface area contributed by atoms with Gasteiger partial charge in [0.15, 0.2) is 11.6 Å². The van der Waals surface area contributed by atoms with Crippen LogP contribution < -0.4 is 0 Å². The highest BCUT2D eigenvalue weighted by atomic mass is 15.5. The van der Waals surface area contributed by atoms with Crippen molar-refractivity contribution in [2.45, 2.75) is 89.9 Å². The zero-order chi connectivity index (χ0) is 16.9. The number of aromatic amines is 2. The summed E-state index contributed by atoms with van der Waals surface area (Å²) >= 11 is 0. The van der Waals surface area contributed by atoms with Gasteiger partial charge >= 0.3 is 0 Å². The van der Waals surface area contributed by atoms with E-state index in [1.165, 1.54) is 64.2 Å². The maximum absolute atomic E-state index is 4.07. The van der Waals surface area contributed by atoms with Crippen LogP contribution in [0.25, 0.3) is 0 Å². The SMILES string of the molecule is CCCCCCCCCCCCCC(c1nn[nH]n1)c1nn[nH]n1. The predicted molar refractivity (Wildman–Crippen MR) is 91.3 cm³/mol. The summed E-state index contributed by atoms with van der Waals surface area (Å²) < 4.78 is 0. The standard InChI is InChI=1S/C16H30N8/c1-2-3-4-5-6-7-8-9-10-11-12-13-14(15-17-21-22-18-15)16-19-23-24-20-16/h14H,2-13H2,1H3,(H,17,18,21,22)(H,19,20,23,24). The minimum atomic E-state index is -0.0268. The number of hydrogen-bond acceptors (Lipinski definition) is 6. The van der Waals surface area contributed by atoms with Crippen LogP contribution in [0.4, 0.5) is 0 Å². The fourth-order valence-electron chi connectivity index (χ4n) is 3.02. The minimum absolute atomic E-state index is 0.0268. The van der Waals surface area contributed by atoms with Gasteiger partial charge in [0.1, 0.15) is 0 Å². The zero-order valence-corrected chi connectivity index (χ0v) is 14.7. The number of nitrogens with one attached hydrogen (secondary N) is 2. The van der Waals surface area contributed by atoms with Crippen molar-refractivity contribution in [3.05, 3.63) is 11.6 Å². The molecule has 0 unspecified atom stereocenters. The van der Waals surface area contributed by atoms with Crippen molar-refractivity contribution in [3.8, 4) is 0 Å². The topological polar surface area (TPSA) is 109 Å². The third-order valence-corrected chi connectivity index (χ3v) is 4.44. The highest BCUT2D eigenvalue weighted by molar-refractivity contribution is 5.05. The molecule has 0 aliphatic rings. The fraction of sp³-hybridized carbons (Fsp3) is 0.875. The molecule has 0 aliphatic carbocycles. The van der Waals surface area contributed by atoms with E-state index in [9.17, 15) is 0 Å². The van der Waals surface area contributed by atoms with Crippen LogP contribution in [-0.4, -0.2) is 41.2 Å². The van der Waals surface area contributed by atoms with Crippen LogP contribution in [0, 0.1) is 0 Å². The number of tetrazole rings is 2. The number of unbranched alkanes of at least 4 members (excludes halogenated alkanes) is 10. The molecule has 0 amide bonds. The Balaban J connectivity index is 1.54. The molecule has 24 heavy (non-hydrogen) atoms. The van der Waals surface area contributed by atoms with Gasteiger partial charge in [0.25, 0.3) is 0 Å². The van der Waals surface area contributed by atoms with E-state index in [1.807, 2.05) is 0 Å². The van der Waals surface area contributed by atoms with E-state index >= 15 is 0 Å². The lowest BCUT2D eigenvalue weighted by molar-refractivity contribution is 0.526. The van der Waals surface area contributed by atoms with Gasteiger partial charge in [-0.3, -0.25) is 0 Å². The predicted octanol–water partition coefficient (Wildman–Crippen LogP) is 3.55. The first-order valence-electron chi connectivity index (χ1n) is 9.38. The molecular weight excluding hydrogens is 304 g/mol. The van der Waals surface area contributed by atoms with Crippen molar-refractivity contribution >= 4 is 0 Å². The minimum Gasteiger partial charge on any atom is -0.177 e. The van der Waals surface area contributed by atoms with Crippen molar-refractivity contribution in [2.75, 3.05) is 0 Å². The molecule has 0 bridgehead atoms. The van der Waals surface area contributed by atoms with E-state index in [1.54, 1.807) is 0 Å². The maximum Gasteiger partial charge on any atom is 0.185 e. The number of rotatable bonds is 14. The van der Waals surface area contributed by atoms with Crippen LogP contribution in [-0.2, 0) is 0 Å². The van der Waals surface area contributed by atoms with Gasteiger partial charge < -0.3 is 0 Å². The molecule has 8 nitrogen and oxygen atoms in total. The number of hydrogen-bond donors (Lipinski definition) is 2. The Bertz CT molecular complexity index is 462. The van der Waals surface area contributed by atoms with Crippen LogP contribution in [0.3, 0.4) is 0 Å². The second-order valence-electron chi connectivity index (χ2n) is 6.42. The van der Waals surface area contributed by atoms with Crippen LogP contribution >= 0.6 is 0 Å². The van der Waals surface area contributed by atoms with Crippen molar-refractivity contribution < 1.29 is 0 Å². The Morgan fingerprint density at radius 3 is 1.54 bits per heavy atom. The average molecular weight is 334 g/mol. The molecule has 0 fully saturated rings. The lowest BCUT2D eigenvalue weighted by atomic mass is 9.98. The van der Waals surface area contributed by atoms with Gasteiger partial charge in [0.05, 0.1) is 5.92 Å². The second kappa shape index (κ2) is 11.6. The van der Waals surface area contributed by atoms with Crippen LogP contribution in [0.5, 0.6) is 0 Å². The van der Waals surface area contributed by atoms with E-state index in [0.29, 0.717) is 11.6 Å². The Labute approximate surface area is 143 Å². The first-order valence-corrected chi connectivity index (χ1v) is 9.38. The van der Waals surface area contributed by atoms with Gasteiger partial charge in [-0.25, -0.2) is 0 Å². The van der Waals surface area contributed by atoms with E-state index in [-0.39, 0.29) is 5.92 Å². The first-order chi connectivity index (χ1) is 11.9. The Morgan fingerprint density at radius 1 is 0.667 bits per heavy atom. The van der Waals surface area contributed by atoms with Gasteiger partial charge in [0.2, 0.25) is 0 Å². The summed E-state index contributed by atoms with van der Waals surface area (Å²) in [6, 6.07) is 0. The highest BCUT2D eigenvalue weighted by Gasteiger charge is 2.22. The largest absolute Gasteiger partial charge is 0.185 e. The summed E-state index contributed by atoms with van der Waals surface area (Å²) in [5, 5.41) is 28.6. The molecule has 0 spiro atoms. The second-order valence-corrected chi connectivity index (χ2v) is 6.42. The molecule has 0 saturated carbocycles. The number of nitrogens with zero attached hydrogens (tertiary/aromatic N) is 6. The van der Waals surface area contributed by atoms with Gasteiger partial charge in [-0.1, -0.05) is 88.0 Å². The summed E-state index contributed by atoms with van der Waals surface area (Å²) in [5.41, 5.74) is 0. The number of H-pyrrole nitrogens is 2. The molecule has 0 atom stereocenters. The third kappa shape index (κ3) is 6.72. The van der Waals surface area contributed by atoms with E-state index in [0.717, 1.165) is 12.8 Å². The molecule has 134 valence electrons. The summed E-state index contributed by atoms with van der Waals surface area (Å²) in [7, 11) is 0. The summed E-state index contributed by atoms with van der Waals surface area (Å²) in [6.07, 6.45) is 15.6. The molecule has 0 aliphatic heterocycles. The van der Waals surface area contributed by atoms with E-state index in [4.69, 9.17) is 0 Å². The fourth-order valence-corrected chi connectivity index (χ4v) is 3.02. The molecule has 2 aromatic rings. The molecule has 0 radical (unpaired) electrons. The molecular formula is C16H30N8. The molecule has 2 rings (SSSR count). The van der Waals surface area contributed by atoms with E-state index in [2.05, 4.69) is 48.2 Å². The lowest BCUT2D eigenvalue weighted by Gasteiger charge is -2.08. The monoisotopic (exact) mass is 334 g/mol. The average Bonchev–Trinajstić information content (AvgIpc) is 3.30. The summed E-state index contributed by atoms with van der Waals surface area (Å²) in [6.45, 7) is 2.27. The normalized spacial score (nSPS) is 11.4. The number of aromatic nitrogens is 8. The van der Waals surface area contributed by atoms with E-state index < -0.39 is 0 Å². The smallest absolute Gasteiger partial charge is 0.177 e. The molecule has 2 heterocycles. The Hall–Kier alpha value is -1.86. The van der Waals surface area contributed by atoms with Crippen molar-refractivity contribution in [3.63, 3.8) is 0 Å². The third-order valence-electron chi connectivity index (χ3n) is 4.44. The van der Waals surface area contributed by atoms with Crippen molar-refractivity contribution in [1.29, 1.82) is 0 Å². The molecule has 2 aromatic heterocycles. The van der Waals surface area contributed by atoms with Crippen LogP contribution in [0.1, 0.15) is 102 Å². The van der Waals surface area contributed by atoms with Crippen molar-refractivity contribution in [2.24, 2.45) is 0 Å². The van der Waals surface area contributed by atoms with Gasteiger partial charge in [-0.15, -0.1) is 20.4 Å². The Kier molecular flexibility index (Phi) is 8.96. The quantitative estimate of drug-likeness (QED) is 0.511. The molecule has 8 heteroatoms. The van der Waals surface area contributed by atoms with Gasteiger partial charge in [-0.2, -0.15) is 10.4 Å². The first kappa shape index (κ1) is 18.5. The van der Waals surface area contributed by atoms with Gasteiger partial charge in [-0.05, 0) is 6.42 Å². The summed E-state index contributed by atoms with van der Waals surface area (Å²) in [5.74, 6) is 1.26. The van der Waals surface area contributed by atoms with Gasteiger partial charge in [0, 0.05) is 0 Å². The molecule has 0 aromatic carbocycles. The Morgan fingerprint density at radius 2 is 1.12 bits per heavy atom. The maximum atomic E-state index is 4.07. The summed E-state index contributed by atoms with van der Waals surface area (Å²) in [4.78, 5) is 0.